The van der Waals surface area contributed by atoms with Gasteiger partial charge in [0.1, 0.15) is 11.5 Å². The van der Waals surface area contributed by atoms with Crippen molar-refractivity contribution in [3.63, 3.8) is 0 Å². The molecular formula is C25H20O4. The van der Waals surface area contributed by atoms with Crippen LogP contribution in [-0.2, 0) is 9.59 Å². The summed E-state index contributed by atoms with van der Waals surface area (Å²) in [5, 5.41) is 4.20. The summed E-state index contributed by atoms with van der Waals surface area (Å²) in [7, 11) is 0. The first-order valence-electron chi connectivity index (χ1n) is 9.56. The number of ether oxygens (including phenoxy) is 2. The van der Waals surface area contributed by atoms with Gasteiger partial charge in [0.25, 0.3) is 0 Å². The van der Waals surface area contributed by atoms with Crippen molar-refractivity contribution in [1.29, 1.82) is 0 Å². The molecule has 4 aromatic rings. The smallest absolute Gasteiger partial charge is 0.311 e. The number of carbonyl (C=O) groups is 2. The second-order valence-electron chi connectivity index (χ2n) is 6.82. The lowest BCUT2D eigenvalue weighted by atomic mass is 10.1. The summed E-state index contributed by atoms with van der Waals surface area (Å²) >= 11 is 0. The van der Waals surface area contributed by atoms with Crippen molar-refractivity contribution in [2.24, 2.45) is 0 Å². The topological polar surface area (TPSA) is 52.6 Å². The first-order valence-corrected chi connectivity index (χ1v) is 9.56. The molecule has 0 spiro atoms. The largest absolute Gasteiger partial charge is 0.427 e. The van der Waals surface area contributed by atoms with Crippen molar-refractivity contribution in [3.05, 3.63) is 84.9 Å². The maximum Gasteiger partial charge on any atom is 0.311 e. The molecule has 0 aliphatic rings. The summed E-state index contributed by atoms with van der Waals surface area (Å²) in [6.07, 6.45) is 0.679. The highest BCUT2D eigenvalue weighted by atomic mass is 16.5. The maximum absolute atomic E-state index is 12.1. The molecule has 0 atom stereocenters. The van der Waals surface area contributed by atoms with Crippen LogP contribution in [0, 0.1) is 0 Å². The summed E-state index contributed by atoms with van der Waals surface area (Å²) < 4.78 is 10.8. The monoisotopic (exact) mass is 384 g/mol. The lowest BCUT2D eigenvalue weighted by molar-refractivity contribution is -0.136. The standard InChI is InChI=1S/C25H20O4/c26-24(28-22-14-12-18-6-1-3-8-20(18)16-22)10-5-11-25(27)29-23-15-13-19-7-2-4-9-21(19)17-23/h1-4,6-9,12-17H,5,10-11H2. The normalized spacial score (nSPS) is 10.8. The molecule has 0 unspecified atom stereocenters. The lowest BCUT2D eigenvalue weighted by Gasteiger charge is -2.07. The summed E-state index contributed by atoms with van der Waals surface area (Å²) in [4.78, 5) is 24.1. The Morgan fingerprint density at radius 3 is 1.41 bits per heavy atom. The number of fused-ring (bicyclic) bond motifs is 2. The molecule has 0 amide bonds. The summed E-state index contributed by atoms with van der Waals surface area (Å²) in [5.41, 5.74) is 0. The zero-order valence-corrected chi connectivity index (χ0v) is 15.8. The Kier molecular flexibility index (Phi) is 5.52. The van der Waals surface area contributed by atoms with Crippen LogP contribution in [0.4, 0.5) is 0 Å². The first kappa shape index (κ1) is 18.7. The fourth-order valence-electron chi connectivity index (χ4n) is 3.20. The van der Waals surface area contributed by atoms with E-state index >= 15 is 0 Å². The fourth-order valence-corrected chi connectivity index (χ4v) is 3.20. The quantitative estimate of drug-likeness (QED) is 0.317. The number of hydrogen-bond acceptors (Lipinski definition) is 4. The van der Waals surface area contributed by atoms with Crippen LogP contribution in [0.15, 0.2) is 84.9 Å². The van der Waals surface area contributed by atoms with Gasteiger partial charge in [-0.05, 0) is 52.2 Å². The van der Waals surface area contributed by atoms with E-state index in [2.05, 4.69) is 0 Å². The van der Waals surface area contributed by atoms with Gasteiger partial charge in [0, 0.05) is 12.8 Å². The molecule has 0 radical (unpaired) electrons. The molecule has 0 heterocycles. The second-order valence-corrected chi connectivity index (χ2v) is 6.82. The van der Waals surface area contributed by atoms with E-state index in [0.29, 0.717) is 17.9 Å². The number of benzene rings is 4. The molecule has 4 rings (SSSR count). The van der Waals surface area contributed by atoms with Crippen molar-refractivity contribution >= 4 is 33.5 Å². The zero-order valence-electron chi connectivity index (χ0n) is 15.8. The molecule has 0 bridgehead atoms. The Bertz CT molecular complexity index is 1090. The highest BCUT2D eigenvalue weighted by molar-refractivity contribution is 5.86. The highest BCUT2D eigenvalue weighted by Gasteiger charge is 2.10. The summed E-state index contributed by atoms with van der Waals surface area (Å²) in [6, 6.07) is 26.8. The van der Waals surface area contributed by atoms with Crippen molar-refractivity contribution < 1.29 is 19.1 Å². The second kappa shape index (κ2) is 8.57. The van der Waals surface area contributed by atoms with E-state index in [0.717, 1.165) is 21.5 Å². The van der Waals surface area contributed by atoms with Crippen LogP contribution >= 0.6 is 0 Å². The predicted molar refractivity (Wildman–Crippen MR) is 113 cm³/mol. The average molecular weight is 384 g/mol. The molecule has 4 aromatic carbocycles. The first-order chi connectivity index (χ1) is 14.2. The van der Waals surface area contributed by atoms with Gasteiger partial charge in [0.15, 0.2) is 0 Å². The Morgan fingerprint density at radius 2 is 0.966 bits per heavy atom. The minimum absolute atomic E-state index is 0.152. The molecule has 0 saturated heterocycles. The van der Waals surface area contributed by atoms with E-state index in [-0.39, 0.29) is 24.8 Å². The average Bonchev–Trinajstić information content (AvgIpc) is 2.73. The molecule has 4 nitrogen and oxygen atoms in total. The van der Waals surface area contributed by atoms with E-state index in [1.54, 1.807) is 12.1 Å². The molecule has 4 heteroatoms. The highest BCUT2D eigenvalue weighted by Crippen LogP contribution is 2.22. The van der Waals surface area contributed by atoms with E-state index in [1.807, 2.05) is 72.8 Å². The van der Waals surface area contributed by atoms with E-state index in [1.165, 1.54) is 0 Å². The van der Waals surface area contributed by atoms with Crippen LogP contribution in [0.2, 0.25) is 0 Å². The lowest BCUT2D eigenvalue weighted by Crippen LogP contribution is -2.11. The molecule has 0 saturated carbocycles. The zero-order chi connectivity index (χ0) is 20.1. The number of hydrogen-bond donors (Lipinski definition) is 0. The molecule has 0 aromatic heterocycles. The van der Waals surface area contributed by atoms with Crippen LogP contribution in [0.1, 0.15) is 19.3 Å². The van der Waals surface area contributed by atoms with Gasteiger partial charge < -0.3 is 9.47 Å². The fraction of sp³-hybridized carbons (Fsp3) is 0.120. The number of carbonyl (C=O) groups excluding carboxylic acids is 2. The van der Waals surface area contributed by atoms with Crippen molar-refractivity contribution in [2.45, 2.75) is 19.3 Å². The van der Waals surface area contributed by atoms with E-state index in [4.69, 9.17) is 9.47 Å². The van der Waals surface area contributed by atoms with Crippen LogP contribution in [-0.4, -0.2) is 11.9 Å². The van der Waals surface area contributed by atoms with Gasteiger partial charge in [-0.25, -0.2) is 0 Å². The molecule has 0 fully saturated rings. The molecule has 0 aliphatic heterocycles. The third-order valence-electron chi connectivity index (χ3n) is 4.67. The third-order valence-corrected chi connectivity index (χ3v) is 4.67. The van der Waals surface area contributed by atoms with Crippen LogP contribution in [0.5, 0.6) is 11.5 Å². The third kappa shape index (κ3) is 4.79. The van der Waals surface area contributed by atoms with Crippen LogP contribution in [0.25, 0.3) is 21.5 Å². The van der Waals surface area contributed by atoms with Gasteiger partial charge in [-0.2, -0.15) is 0 Å². The van der Waals surface area contributed by atoms with Crippen LogP contribution < -0.4 is 9.47 Å². The summed E-state index contributed by atoms with van der Waals surface area (Å²) in [6.45, 7) is 0. The van der Waals surface area contributed by atoms with E-state index in [9.17, 15) is 9.59 Å². The number of esters is 2. The molecule has 0 N–H and O–H groups in total. The van der Waals surface area contributed by atoms with Gasteiger partial charge in [0.2, 0.25) is 0 Å². The van der Waals surface area contributed by atoms with Gasteiger partial charge in [-0.1, -0.05) is 60.7 Å². The van der Waals surface area contributed by atoms with Gasteiger partial charge in [-0.15, -0.1) is 0 Å². The van der Waals surface area contributed by atoms with Gasteiger partial charge in [-0.3, -0.25) is 9.59 Å². The van der Waals surface area contributed by atoms with E-state index < -0.39 is 0 Å². The predicted octanol–water partition coefficient (Wildman–Crippen LogP) is 5.67. The Balaban J connectivity index is 1.26. The van der Waals surface area contributed by atoms with Crippen molar-refractivity contribution in [3.8, 4) is 11.5 Å². The Labute approximate surface area is 168 Å². The minimum Gasteiger partial charge on any atom is -0.427 e. The Hall–Kier alpha value is -3.66. The molecule has 144 valence electrons. The van der Waals surface area contributed by atoms with Crippen molar-refractivity contribution in [2.75, 3.05) is 0 Å². The molecule has 29 heavy (non-hydrogen) atoms. The molecule has 0 aliphatic carbocycles. The van der Waals surface area contributed by atoms with Crippen LogP contribution in [0.3, 0.4) is 0 Å². The van der Waals surface area contributed by atoms with Crippen molar-refractivity contribution in [1.82, 2.24) is 0 Å². The number of rotatable bonds is 6. The van der Waals surface area contributed by atoms with Gasteiger partial charge in [0.05, 0.1) is 0 Å². The molecular weight excluding hydrogens is 364 g/mol. The maximum atomic E-state index is 12.1. The Morgan fingerprint density at radius 1 is 0.552 bits per heavy atom. The SMILES string of the molecule is O=C(CCCC(=O)Oc1ccc2ccccc2c1)Oc1ccc2ccccc2c1. The van der Waals surface area contributed by atoms with Gasteiger partial charge >= 0.3 is 11.9 Å². The minimum atomic E-state index is -0.362. The summed E-state index contributed by atoms with van der Waals surface area (Å²) in [5.74, 6) is 0.289.